The Morgan fingerprint density at radius 2 is 2.38 bits per heavy atom. The molecule has 0 unspecified atom stereocenters. The predicted molar refractivity (Wildman–Crippen MR) is 45.7 cm³/mol. The molecule has 72 valence electrons. The number of furan rings is 1. The van der Waals surface area contributed by atoms with Crippen LogP contribution in [0.5, 0.6) is 0 Å². The lowest BCUT2D eigenvalue weighted by Crippen LogP contribution is -1.93. The molecule has 0 spiro atoms. The van der Waals surface area contributed by atoms with Crippen LogP contribution in [0.2, 0.25) is 0 Å². The lowest BCUT2D eigenvalue weighted by molar-refractivity contribution is 0.0661. The normalized spacial score (nSPS) is 10.3. The molecule has 4 heteroatoms. The second-order valence-electron chi connectivity index (χ2n) is 2.63. The first-order valence-electron chi connectivity index (χ1n) is 4.05. The van der Waals surface area contributed by atoms with Crippen molar-refractivity contribution >= 4 is 5.97 Å². The largest absolute Gasteiger partial charge is 0.475 e. The fourth-order valence-electron chi connectivity index (χ4n) is 0.981. The van der Waals surface area contributed by atoms with Crippen molar-refractivity contribution in [2.45, 2.75) is 20.5 Å². The van der Waals surface area contributed by atoms with E-state index in [-0.39, 0.29) is 5.76 Å². The SMILES string of the molecule is CCOCc1cc(C(=O)O)oc1C. The summed E-state index contributed by atoms with van der Waals surface area (Å²) >= 11 is 0. The van der Waals surface area contributed by atoms with Crippen LogP contribution in [0.15, 0.2) is 10.5 Å². The molecule has 1 aromatic heterocycles. The van der Waals surface area contributed by atoms with Crippen molar-refractivity contribution in [3.05, 3.63) is 23.2 Å². The Morgan fingerprint density at radius 1 is 1.69 bits per heavy atom. The fraction of sp³-hybridized carbons (Fsp3) is 0.444. The van der Waals surface area contributed by atoms with E-state index in [9.17, 15) is 4.79 Å². The zero-order valence-corrected chi connectivity index (χ0v) is 7.66. The summed E-state index contributed by atoms with van der Waals surface area (Å²) in [5.41, 5.74) is 0.791. The lowest BCUT2D eigenvalue weighted by atomic mass is 10.2. The van der Waals surface area contributed by atoms with E-state index in [1.165, 1.54) is 6.07 Å². The molecule has 0 atom stereocenters. The highest BCUT2D eigenvalue weighted by Crippen LogP contribution is 2.15. The first-order valence-corrected chi connectivity index (χ1v) is 4.05. The van der Waals surface area contributed by atoms with Crippen LogP contribution in [0, 0.1) is 6.92 Å². The molecule has 0 aliphatic carbocycles. The number of ether oxygens (including phenoxy) is 1. The van der Waals surface area contributed by atoms with Gasteiger partial charge in [0.1, 0.15) is 5.76 Å². The molecule has 0 aromatic carbocycles. The van der Waals surface area contributed by atoms with Gasteiger partial charge in [0.25, 0.3) is 0 Å². The van der Waals surface area contributed by atoms with Crippen LogP contribution in [0.3, 0.4) is 0 Å². The fourth-order valence-corrected chi connectivity index (χ4v) is 0.981. The van der Waals surface area contributed by atoms with Gasteiger partial charge in [0.15, 0.2) is 0 Å². The number of carboxylic acids is 1. The molecule has 13 heavy (non-hydrogen) atoms. The van der Waals surface area contributed by atoms with Crippen LogP contribution >= 0.6 is 0 Å². The molecule has 0 radical (unpaired) electrons. The number of carbonyl (C=O) groups is 1. The van der Waals surface area contributed by atoms with E-state index in [4.69, 9.17) is 14.3 Å². The summed E-state index contributed by atoms with van der Waals surface area (Å²) in [5.74, 6) is -0.482. The van der Waals surface area contributed by atoms with E-state index in [1.54, 1.807) is 6.92 Å². The van der Waals surface area contributed by atoms with Gasteiger partial charge in [0.05, 0.1) is 6.61 Å². The maximum atomic E-state index is 10.5. The third-order valence-corrected chi connectivity index (χ3v) is 1.69. The lowest BCUT2D eigenvalue weighted by Gasteiger charge is -1.96. The Morgan fingerprint density at radius 3 is 2.85 bits per heavy atom. The summed E-state index contributed by atoms with van der Waals surface area (Å²) in [6.07, 6.45) is 0. The van der Waals surface area contributed by atoms with E-state index in [0.717, 1.165) is 5.56 Å². The molecule has 4 nitrogen and oxygen atoms in total. The highest BCUT2D eigenvalue weighted by atomic mass is 16.5. The molecule has 1 N–H and O–H groups in total. The first kappa shape index (κ1) is 9.80. The van der Waals surface area contributed by atoms with Crippen LogP contribution in [0.1, 0.15) is 28.8 Å². The average molecular weight is 184 g/mol. The molecule has 0 saturated heterocycles. The smallest absolute Gasteiger partial charge is 0.371 e. The minimum Gasteiger partial charge on any atom is -0.475 e. The average Bonchev–Trinajstić information content (AvgIpc) is 2.44. The van der Waals surface area contributed by atoms with Crippen molar-refractivity contribution in [1.29, 1.82) is 0 Å². The number of rotatable bonds is 4. The van der Waals surface area contributed by atoms with Gasteiger partial charge in [-0.3, -0.25) is 0 Å². The summed E-state index contributed by atoms with van der Waals surface area (Å²) in [6.45, 7) is 4.61. The Kier molecular flexibility index (Phi) is 3.08. The molecule has 1 rings (SSSR count). The topological polar surface area (TPSA) is 59.7 Å². The first-order chi connectivity index (χ1) is 6.15. The number of aromatic carboxylic acids is 1. The second kappa shape index (κ2) is 4.09. The Labute approximate surface area is 76.1 Å². The third-order valence-electron chi connectivity index (χ3n) is 1.69. The van der Waals surface area contributed by atoms with Gasteiger partial charge >= 0.3 is 5.97 Å². The highest BCUT2D eigenvalue weighted by molar-refractivity contribution is 5.84. The second-order valence-corrected chi connectivity index (χ2v) is 2.63. The van der Waals surface area contributed by atoms with Gasteiger partial charge in [-0.2, -0.15) is 0 Å². The van der Waals surface area contributed by atoms with Gasteiger partial charge in [-0.25, -0.2) is 4.79 Å². The Balaban J connectivity index is 2.77. The van der Waals surface area contributed by atoms with Crippen LogP contribution < -0.4 is 0 Å². The van der Waals surface area contributed by atoms with E-state index in [1.807, 2.05) is 6.92 Å². The van der Waals surface area contributed by atoms with Gasteiger partial charge in [-0.1, -0.05) is 0 Å². The third kappa shape index (κ3) is 2.32. The number of carboxylic acid groups (broad SMARTS) is 1. The van der Waals surface area contributed by atoms with Gasteiger partial charge in [-0.05, 0) is 19.9 Å². The summed E-state index contributed by atoms with van der Waals surface area (Å²) in [5, 5.41) is 8.61. The van der Waals surface area contributed by atoms with Crippen molar-refractivity contribution in [2.75, 3.05) is 6.61 Å². The molecule has 0 aliphatic heterocycles. The molecule has 0 amide bonds. The van der Waals surface area contributed by atoms with Crippen molar-refractivity contribution in [3.63, 3.8) is 0 Å². The highest BCUT2D eigenvalue weighted by Gasteiger charge is 2.12. The van der Waals surface area contributed by atoms with Gasteiger partial charge in [0, 0.05) is 12.2 Å². The molecule has 0 bridgehead atoms. The molecule has 0 saturated carbocycles. The minimum absolute atomic E-state index is 0.0350. The van der Waals surface area contributed by atoms with E-state index >= 15 is 0 Å². The minimum atomic E-state index is -1.05. The molecule has 0 fully saturated rings. The maximum Gasteiger partial charge on any atom is 0.371 e. The van der Waals surface area contributed by atoms with E-state index < -0.39 is 5.97 Å². The number of hydrogen-bond donors (Lipinski definition) is 1. The van der Waals surface area contributed by atoms with Gasteiger partial charge in [0.2, 0.25) is 5.76 Å². The zero-order chi connectivity index (χ0) is 9.84. The molecule has 1 aromatic rings. The van der Waals surface area contributed by atoms with Crippen molar-refractivity contribution in [2.24, 2.45) is 0 Å². The van der Waals surface area contributed by atoms with Crippen molar-refractivity contribution < 1.29 is 19.1 Å². The van der Waals surface area contributed by atoms with Gasteiger partial charge in [-0.15, -0.1) is 0 Å². The summed E-state index contributed by atoms with van der Waals surface area (Å²) < 4.78 is 10.1. The number of aryl methyl sites for hydroxylation is 1. The van der Waals surface area contributed by atoms with Crippen molar-refractivity contribution in [3.8, 4) is 0 Å². The quantitative estimate of drug-likeness (QED) is 0.775. The Bertz CT molecular complexity index is 301. The van der Waals surface area contributed by atoms with E-state index in [2.05, 4.69) is 0 Å². The Hall–Kier alpha value is -1.29. The monoisotopic (exact) mass is 184 g/mol. The van der Waals surface area contributed by atoms with Crippen LogP contribution in [-0.2, 0) is 11.3 Å². The molecular weight excluding hydrogens is 172 g/mol. The summed E-state index contributed by atoms with van der Waals surface area (Å²) in [6, 6.07) is 1.49. The zero-order valence-electron chi connectivity index (χ0n) is 7.66. The van der Waals surface area contributed by atoms with Crippen LogP contribution in [0.4, 0.5) is 0 Å². The maximum absolute atomic E-state index is 10.5. The molecule has 1 heterocycles. The van der Waals surface area contributed by atoms with Crippen LogP contribution in [0.25, 0.3) is 0 Å². The molecular formula is C9H12O4. The van der Waals surface area contributed by atoms with Crippen molar-refractivity contribution in [1.82, 2.24) is 0 Å². The van der Waals surface area contributed by atoms with Gasteiger partial charge < -0.3 is 14.3 Å². The standard InChI is InChI=1S/C9H12O4/c1-3-12-5-7-4-8(9(10)11)13-6(7)2/h4H,3,5H2,1-2H3,(H,10,11). The van der Waals surface area contributed by atoms with Crippen LogP contribution in [-0.4, -0.2) is 17.7 Å². The summed E-state index contributed by atoms with van der Waals surface area (Å²) in [4.78, 5) is 10.5. The summed E-state index contributed by atoms with van der Waals surface area (Å²) in [7, 11) is 0. The molecule has 0 aliphatic rings. The van der Waals surface area contributed by atoms with E-state index in [0.29, 0.717) is 19.0 Å². The number of hydrogen-bond acceptors (Lipinski definition) is 3. The predicted octanol–water partition coefficient (Wildman–Crippen LogP) is 1.82.